The third-order valence-electron chi connectivity index (χ3n) is 3.74. The van der Waals surface area contributed by atoms with E-state index in [2.05, 4.69) is 5.32 Å². The van der Waals surface area contributed by atoms with Crippen molar-refractivity contribution >= 4 is 12.4 Å². The number of piperidine rings is 1. The first kappa shape index (κ1) is 13.6. The van der Waals surface area contributed by atoms with Gasteiger partial charge in [-0.05, 0) is 44.1 Å². The first-order valence-corrected chi connectivity index (χ1v) is 6.06. The summed E-state index contributed by atoms with van der Waals surface area (Å²) in [5.74, 6) is 0.305. The fourth-order valence-electron chi connectivity index (χ4n) is 2.80. The van der Waals surface area contributed by atoms with Gasteiger partial charge in [0, 0.05) is 12.0 Å². The molecule has 1 atom stereocenters. The SMILES string of the molecule is Cl.OC1CC2(CCNCC2)Oc2ccc(F)cc21. The van der Waals surface area contributed by atoms with E-state index in [-0.39, 0.29) is 23.8 Å². The van der Waals surface area contributed by atoms with Crippen LogP contribution in [0.4, 0.5) is 4.39 Å². The molecule has 0 amide bonds. The summed E-state index contributed by atoms with van der Waals surface area (Å²) in [5.41, 5.74) is 0.310. The molecule has 5 heteroatoms. The average molecular weight is 274 g/mol. The largest absolute Gasteiger partial charge is 0.487 e. The molecule has 1 aromatic rings. The Bertz CT molecular complexity index is 435. The molecular weight excluding hydrogens is 257 g/mol. The molecule has 1 spiro atoms. The zero-order valence-corrected chi connectivity index (χ0v) is 10.8. The molecule has 100 valence electrons. The van der Waals surface area contributed by atoms with Gasteiger partial charge in [-0.3, -0.25) is 0 Å². The lowest BCUT2D eigenvalue weighted by molar-refractivity contribution is -0.0338. The van der Waals surface area contributed by atoms with E-state index in [9.17, 15) is 9.50 Å². The number of hydrogen-bond acceptors (Lipinski definition) is 3. The zero-order valence-electron chi connectivity index (χ0n) is 9.99. The highest BCUT2D eigenvalue weighted by molar-refractivity contribution is 5.85. The molecule has 1 saturated heterocycles. The molecule has 2 aliphatic heterocycles. The Morgan fingerprint density at radius 3 is 2.78 bits per heavy atom. The Labute approximate surface area is 112 Å². The molecule has 18 heavy (non-hydrogen) atoms. The molecule has 1 fully saturated rings. The first-order valence-electron chi connectivity index (χ1n) is 6.06. The second kappa shape index (κ2) is 5.03. The molecule has 3 nitrogen and oxygen atoms in total. The van der Waals surface area contributed by atoms with E-state index in [1.807, 2.05) is 0 Å². The molecule has 0 bridgehead atoms. The van der Waals surface area contributed by atoms with Crippen LogP contribution in [-0.2, 0) is 0 Å². The lowest BCUT2D eigenvalue weighted by atomic mass is 9.82. The number of halogens is 2. The summed E-state index contributed by atoms with van der Waals surface area (Å²) in [4.78, 5) is 0. The second-order valence-corrected chi connectivity index (χ2v) is 4.94. The molecule has 2 N–H and O–H groups in total. The highest BCUT2D eigenvalue weighted by atomic mass is 35.5. The van der Waals surface area contributed by atoms with Gasteiger partial charge in [-0.2, -0.15) is 0 Å². The monoisotopic (exact) mass is 273 g/mol. The summed E-state index contributed by atoms with van der Waals surface area (Å²) in [5, 5.41) is 13.4. The van der Waals surface area contributed by atoms with Crippen molar-refractivity contribution in [2.45, 2.75) is 31.0 Å². The van der Waals surface area contributed by atoms with Crippen molar-refractivity contribution in [3.05, 3.63) is 29.6 Å². The Kier molecular flexibility index (Phi) is 3.80. The van der Waals surface area contributed by atoms with Gasteiger partial charge < -0.3 is 15.2 Å². The van der Waals surface area contributed by atoms with Gasteiger partial charge in [-0.15, -0.1) is 12.4 Å². The van der Waals surface area contributed by atoms with Crippen molar-refractivity contribution < 1.29 is 14.2 Å². The van der Waals surface area contributed by atoms with Crippen LogP contribution in [0.25, 0.3) is 0 Å². The number of rotatable bonds is 0. The van der Waals surface area contributed by atoms with Gasteiger partial charge >= 0.3 is 0 Å². The Balaban J connectivity index is 0.00000120. The van der Waals surface area contributed by atoms with E-state index in [1.54, 1.807) is 6.07 Å². The number of aliphatic hydroxyl groups excluding tert-OH is 1. The molecule has 1 unspecified atom stereocenters. The van der Waals surface area contributed by atoms with Gasteiger partial charge in [0.15, 0.2) is 0 Å². The molecule has 3 rings (SSSR count). The first-order chi connectivity index (χ1) is 8.19. The predicted octanol–water partition coefficient (Wildman–Crippen LogP) is 2.19. The minimum Gasteiger partial charge on any atom is -0.487 e. The van der Waals surface area contributed by atoms with Crippen molar-refractivity contribution in [3.63, 3.8) is 0 Å². The number of aliphatic hydroxyl groups is 1. The van der Waals surface area contributed by atoms with Gasteiger partial charge in [0.2, 0.25) is 0 Å². The quantitative estimate of drug-likeness (QED) is 0.761. The normalized spacial score (nSPS) is 24.9. The minimum atomic E-state index is -0.618. The van der Waals surface area contributed by atoms with E-state index < -0.39 is 6.10 Å². The fraction of sp³-hybridized carbons (Fsp3) is 0.538. The summed E-state index contributed by atoms with van der Waals surface area (Å²) >= 11 is 0. The molecule has 2 aliphatic rings. The van der Waals surface area contributed by atoms with E-state index in [1.165, 1.54) is 12.1 Å². The van der Waals surface area contributed by atoms with Gasteiger partial charge in [-0.25, -0.2) is 4.39 Å². The zero-order chi connectivity index (χ0) is 11.9. The fourth-order valence-corrected chi connectivity index (χ4v) is 2.80. The Morgan fingerprint density at radius 1 is 1.33 bits per heavy atom. The Morgan fingerprint density at radius 2 is 2.06 bits per heavy atom. The maximum absolute atomic E-state index is 13.1. The Hall–Kier alpha value is -0.840. The lowest BCUT2D eigenvalue weighted by Crippen LogP contribution is -2.49. The van der Waals surface area contributed by atoms with Crippen LogP contribution in [0.1, 0.15) is 30.9 Å². The van der Waals surface area contributed by atoms with Crippen molar-refractivity contribution in [1.82, 2.24) is 5.32 Å². The number of ether oxygens (including phenoxy) is 1. The van der Waals surface area contributed by atoms with Crippen LogP contribution in [0.5, 0.6) is 5.75 Å². The molecule has 1 aromatic carbocycles. The maximum atomic E-state index is 13.1. The van der Waals surface area contributed by atoms with E-state index in [0.29, 0.717) is 17.7 Å². The highest BCUT2D eigenvalue weighted by Gasteiger charge is 2.41. The topological polar surface area (TPSA) is 41.5 Å². The van der Waals surface area contributed by atoms with Crippen molar-refractivity contribution in [3.8, 4) is 5.75 Å². The van der Waals surface area contributed by atoms with Crippen LogP contribution < -0.4 is 10.1 Å². The molecule has 2 heterocycles. The van der Waals surface area contributed by atoms with Crippen molar-refractivity contribution in [1.29, 1.82) is 0 Å². The third kappa shape index (κ3) is 2.32. The van der Waals surface area contributed by atoms with Crippen LogP contribution in [0, 0.1) is 5.82 Å². The van der Waals surface area contributed by atoms with Crippen LogP contribution in [0.3, 0.4) is 0 Å². The van der Waals surface area contributed by atoms with Gasteiger partial charge in [-0.1, -0.05) is 0 Å². The lowest BCUT2D eigenvalue weighted by Gasteiger charge is -2.43. The van der Waals surface area contributed by atoms with E-state index in [4.69, 9.17) is 4.74 Å². The standard InChI is InChI=1S/C13H16FNO2.ClH/c14-9-1-2-12-10(7-9)11(16)8-13(17-12)3-5-15-6-4-13;/h1-2,7,11,15-16H,3-6,8H2;1H. The smallest absolute Gasteiger partial charge is 0.126 e. The predicted molar refractivity (Wildman–Crippen MR) is 68.7 cm³/mol. The van der Waals surface area contributed by atoms with Crippen LogP contribution >= 0.6 is 12.4 Å². The molecule has 0 aromatic heterocycles. The number of nitrogens with one attached hydrogen (secondary N) is 1. The number of hydrogen-bond donors (Lipinski definition) is 2. The van der Waals surface area contributed by atoms with Crippen LogP contribution in [0.15, 0.2) is 18.2 Å². The van der Waals surface area contributed by atoms with Crippen molar-refractivity contribution in [2.24, 2.45) is 0 Å². The summed E-state index contributed by atoms with van der Waals surface area (Å²) in [6.45, 7) is 1.81. The summed E-state index contributed by atoms with van der Waals surface area (Å²) < 4.78 is 19.1. The van der Waals surface area contributed by atoms with Crippen LogP contribution in [0.2, 0.25) is 0 Å². The maximum Gasteiger partial charge on any atom is 0.126 e. The molecule has 0 saturated carbocycles. The minimum absolute atomic E-state index is 0. The third-order valence-corrected chi connectivity index (χ3v) is 3.74. The summed E-state index contributed by atoms with van der Waals surface area (Å²) in [6.07, 6.45) is 1.72. The summed E-state index contributed by atoms with van der Waals surface area (Å²) in [7, 11) is 0. The number of fused-ring (bicyclic) bond motifs is 1. The van der Waals surface area contributed by atoms with Gasteiger partial charge in [0.25, 0.3) is 0 Å². The average Bonchev–Trinajstić information content (AvgIpc) is 2.31. The van der Waals surface area contributed by atoms with E-state index >= 15 is 0 Å². The van der Waals surface area contributed by atoms with Crippen molar-refractivity contribution in [2.75, 3.05) is 13.1 Å². The van der Waals surface area contributed by atoms with Crippen LogP contribution in [-0.4, -0.2) is 23.8 Å². The highest BCUT2D eigenvalue weighted by Crippen LogP contribution is 2.43. The van der Waals surface area contributed by atoms with Gasteiger partial charge in [0.1, 0.15) is 17.2 Å². The summed E-state index contributed by atoms with van der Waals surface area (Å²) in [6, 6.07) is 4.37. The van der Waals surface area contributed by atoms with Gasteiger partial charge in [0.05, 0.1) is 6.10 Å². The van der Waals surface area contributed by atoms with E-state index in [0.717, 1.165) is 25.9 Å². The number of benzene rings is 1. The molecular formula is C13H17ClFNO2. The molecule has 0 aliphatic carbocycles. The second-order valence-electron chi connectivity index (χ2n) is 4.94. The molecule has 0 radical (unpaired) electrons.